The number of anilines is 3. The highest BCUT2D eigenvalue weighted by atomic mass is 16.5. The first-order chi connectivity index (χ1) is 16.7. The van der Waals surface area contributed by atoms with Crippen molar-refractivity contribution < 1.29 is 9.53 Å². The van der Waals surface area contributed by atoms with Crippen LogP contribution in [0.4, 0.5) is 17.2 Å². The van der Waals surface area contributed by atoms with E-state index in [1.807, 2.05) is 90.8 Å². The molecule has 172 valence electrons. The fourth-order valence-corrected chi connectivity index (χ4v) is 4.14. The molecule has 1 saturated heterocycles. The molecule has 0 radical (unpaired) electrons. The first-order valence-electron chi connectivity index (χ1n) is 11.4. The van der Waals surface area contributed by atoms with Crippen LogP contribution in [0.1, 0.15) is 0 Å². The van der Waals surface area contributed by atoms with Crippen LogP contribution in [0.5, 0.6) is 0 Å². The maximum absolute atomic E-state index is 12.9. The van der Waals surface area contributed by atoms with Gasteiger partial charge in [-0.15, -0.1) is 0 Å². The van der Waals surface area contributed by atoms with Gasteiger partial charge in [0.2, 0.25) is 5.91 Å². The predicted molar refractivity (Wildman–Crippen MR) is 136 cm³/mol. The molecule has 1 N–H and O–H groups in total. The van der Waals surface area contributed by atoms with Crippen molar-refractivity contribution in [3.05, 3.63) is 78.9 Å². The molecule has 0 spiro atoms. The minimum Gasteiger partial charge on any atom is -0.378 e. The molecule has 1 aromatic heterocycles. The summed E-state index contributed by atoms with van der Waals surface area (Å²) >= 11 is 0. The van der Waals surface area contributed by atoms with E-state index in [-0.39, 0.29) is 12.5 Å². The van der Waals surface area contributed by atoms with E-state index >= 15 is 0 Å². The Morgan fingerprint density at radius 2 is 1.65 bits per heavy atom. The molecule has 7 heteroatoms. The van der Waals surface area contributed by atoms with E-state index in [0.29, 0.717) is 5.82 Å². The quantitative estimate of drug-likeness (QED) is 0.472. The zero-order valence-electron chi connectivity index (χ0n) is 19.1. The van der Waals surface area contributed by atoms with E-state index in [1.165, 1.54) is 0 Å². The third-order valence-electron chi connectivity index (χ3n) is 5.88. The van der Waals surface area contributed by atoms with Crippen molar-refractivity contribution in [1.82, 2.24) is 9.97 Å². The summed E-state index contributed by atoms with van der Waals surface area (Å²) < 4.78 is 5.42. The van der Waals surface area contributed by atoms with Gasteiger partial charge in [-0.1, -0.05) is 42.5 Å². The molecule has 34 heavy (non-hydrogen) atoms. The van der Waals surface area contributed by atoms with E-state index < -0.39 is 0 Å². The van der Waals surface area contributed by atoms with Gasteiger partial charge in [0.05, 0.1) is 25.3 Å². The number of carbonyl (C=O) groups is 1. The zero-order chi connectivity index (χ0) is 23.3. The third kappa shape index (κ3) is 4.84. The van der Waals surface area contributed by atoms with Crippen molar-refractivity contribution >= 4 is 34.0 Å². The normalized spacial score (nSPS) is 13.6. The first-order valence-corrected chi connectivity index (χ1v) is 11.4. The first kappa shape index (κ1) is 21.9. The van der Waals surface area contributed by atoms with Crippen LogP contribution >= 0.6 is 0 Å². The van der Waals surface area contributed by atoms with Crippen molar-refractivity contribution in [1.29, 1.82) is 0 Å². The van der Waals surface area contributed by atoms with Gasteiger partial charge < -0.3 is 19.9 Å². The Kier molecular flexibility index (Phi) is 6.35. The Morgan fingerprint density at radius 3 is 2.41 bits per heavy atom. The summed E-state index contributed by atoms with van der Waals surface area (Å²) in [7, 11) is 1.88. The van der Waals surface area contributed by atoms with Gasteiger partial charge in [0.1, 0.15) is 5.82 Å². The van der Waals surface area contributed by atoms with Gasteiger partial charge in [-0.2, -0.15) is 0 Å². The van der Waals surface area contributed by atoms with Gasteiger partial charge in [0, 0.05) is 42.5 Å². The van der Waals surface area contributed by atoms with Crippen molar-refractivity contribution in [2.45, 2.75) is 0 Å². The number of hydrogen-bond donors (Lipinski definition) is 1. The van der Waals surface area contributed by atoms with Crippen LogP contribution in [-0.4, -0.2) is 55.8 Å². The van der Waals surface area contributed by atoms with Crippen LogP contribution < -0.4 is 15.1 Å². The minimum absolute atomic E-state index is 0.106. The van der Waals surface area contributed by atoms with E-state index in [2.05, 4.69) is 10.2 Å². The highest BCUT2D eigenvalue weighted by molar-refractivity contribution is 5.97. The Bertz CT molecular complexity index is 1270. The van der Waals surface area contributed by atoms with Crippen LogP contribution in [0.2, 0.25) is 0 Å². The summed E-state index contributed by atoms with van der Waals surface area (Å²) in [5.74, 6) is 1.26. The molecule has 4 aromatic rings. The Labute approximate surface area is 199 Å². The lowest BCUT2D eigenvalue weighted by atomic mass is 10.1. The number of ether oxygens (including phenoxy) is 1. The number of aromatic nitrogens is 2. The maximum atomic E-state index is 12.9. The lowest BCUT2D eigenvalue weighted by Gasteiger charge is -2.29. The lowest BCUT2D eigenvalue weighted by Crippen LogP contribution is -2.36. The summed E-state index contributed by atoms with van der Waals surface area (Å²) in [4.78, 5) is 26.6. The van der Waals surface area contributed by atoms with Gasteiger partial charge >= 0.3 is 0 Å². The van der Waals surface area contributed by atoms with Gasteiger partial charge in [-0.3, -0.25) is 4.79 Å². The fraction of sp³-hybridized carbons (Fsp3) is 0.222. The summed E-state index contributed by atoms with van der Waals surface area (Å²) in [5, 5.41) is 3.91. The standard InChI is InChI=1S/C27H27N5O2/c1-31(19-25(33)28-21-11-13-22(14-12-21)32-15-17-34-18-16-32)27-23-9-5-6-10-24(23)29-26(30-27)20-7-3-2-4-8-20/h2-14H,15-19H2,1H3,(H,28,33). The van der Waals surface area contributed by atoms with Crippen LogP contribution in [-0.2, 0) is 9.53 Å². The number of nitrogens with one attached hydrogen (secondary N) is 1. The number of morpholine rings is 1. The molecular formula is C27H27N5O2. The monoisotopic (exact) mass is 453 g/mol. The van der Waals surface area contributed by atoms with E-state index in [1.54, 1.807) is 0 Å². The average Bonchev–Trinajstić information content (AvgIpc) is 2.89. The molecular weight excluding hydrogens is 426 g/mol. The van der Waals surface area contributed by atoms with E-state index in [0.717, 1.165) is 60.0 Å². The molecule has 0 atom stereocenters. The number of amides is 1. The molecule has 0 bridgehead atoms. The zero-order valence-corrected chi connectivity index (χ0v) is 19.1. The number of hydrogen-bond acceptors (Lipinski definition) is 6. The summed E-state index contributed by atoms with van der Waals surface area (Å²) in [6.45, 7) is 3.42. The van der Waals surface area contributed by atoms with E-state index in [4.69, 9.17) is 14.7 Å². The second-order valence-corrected chi connectivity index (χ2v) is 8.30. The maximum Gasteiger partial charge on any atom is 0.243 e. The molecule has 1 aliphatic heterocycles. The Morgan fingerprint density at radius 1 is 0.941 bits per heavy atom. The number of rotatable bonds is 6. The largest absolute Gasteiger partial charge is 0.378 e. The van der Waals surface area contributed by atoms with Gasteiger partial charge in [0.15, 0.2) is 5.82 Å². The average molecular weight is 454 g/mol. The number of benzene rings is 3. The summed E-state index contributed by atoms with van der Waals surface area (Å²) in [5.41, 5.74) is 3.69. The molecule has 2 heterocycles. The van der Waals surface area contributed by atoms with Gasteiger partial charge in [-0.25, -0.2) is 9.97 Å². The van der Waals surface area contributed by atoms with Crippen LogP contribution in [0.25, 0.3) is 22.3 Å². The van der Waals surface area contributed by atoms with Crippen LogP contribution in [0.3, 0.4) is 0 Å². The highest BCUT2D eigenvalue weighted by Crippen LogP contribution is 2.27. The number of carbonyl (C=O) groups excluding carboxylic acids is 1. The van der Waals surface area contributed by atoms with Crippen molar-refractivity contribution in [2.24, 2.45) is 0 Å². The molecule has 0 unspecified atom stereocenters. The fourth-order valence-electron chi connectivity index (χ4n) is 4.14. The number of likely N-dealkylation sites (N-methyl/N-ethyl adjacent to an activating group) is 1. The Balaban J connectivity index is 1.32. The number of nitrogens with zero attached hydrogens (tertiary/aromatic N) is 4. The van der Waals surface area contributed by atoms with Crippen LogP contribution in [0.15, 0.2) is 78.9 Å². The van der Waals surface area contributed by atoms with Crippen molar-refractivity contribution in [3.8, 4) is 11.4 Å². The molecule has 1 amide bonds. The summed E-state index contributed by atoms with van der Waals surface area (Å²) in [6, 6.07) is 25.7. The van der Waals surface area contributed by atoms with Gasteiger partial charge in [0.25, 0.3) is 0 Å². The smallest absolute Gasteiger partial charge is 0.243 e. The minimum atomic E-state index is -0.106. The van der Waals surface area contributed by atoms with Gasteiger partial charge in [-0.05, 0) is 36.4 Å². The second-order valence-electron chi connectivity index (χ2n) is 8.30. The third-order valence-corrected chi connectivity index (χ3v) is 5.88. The SMILES string of the molecule is CN(CC(=O)Nc1ccc(N2CCOCC2)cc1)c1nc(-c2ccccc2)nc2ccccc12. The molecule has 5 rings (SSSR count). The molecule has 7 nitrogen and oxygen atoms in total. The van der Waals surface area contributed by atoms with Crippen LogP contribution in [0, 0.1) is 0 Å². The molecule has 3 aromatic carbocycles. The predicted octanol–water partition coefficient (Wildman–Crippen LogP) is 4.21. The van der Waals surface area contributed by atoms with Crippen molar-refractivity contribution in [2.75, 3.05) is 55.0 Å². The summed E-state index contributed by atoms with van der Waals surface area (Å²) in [6.07, 6.45) is 0. The molecule has 1 aliphatic rings. The topological polar surface area (TPSA) is 70.6 Å². The number of fused-ring (bicyclic) bond motifs is 1. The molecule has 0 aliphatic carbocycles. The lowest BCUT2D eigenvalue weighted by molar-refractivity contribution is -0.114. The molecule has 1 fully saturated rings. The highest BCUT2D eigenvalue weighted by Gasteiger charge is 2.16. The van der Waals surface area contributed by atoms with Crippen molar-refractivity contribution in [3.63, 3.8) is 0 Å². The van der Waals surface area contributed by atoms with E-state index in [9.17, 15) is 4.79 Å². The second kappa shape index (κ2) is 9.89. The molecule has 0 saturated carbocycles. The Hall–Kier alpha value is -3.97. The number of para-hydroxylation sites is 1.